The summed E-state index contributed by atoms with van der Waals surface area (Å²) < 4.78 is 0. The van der Waals surface area contributed by atoms with Gasteiger partial charge in [-0.3, -0.25) is 0 Å². The summed E-state index contributed by atoms with van der Waals surface area (Å²) in [5, 5.41) is 10.8. The van der Waals surface area contributed by atoms with E-state index in [1.807, 2.05) is 25.3 Å². The fourth-order valence-electron chi connectivity index (χ4n) is 1.09. The normalized spacial score (nSPS) is 12.5. The number of aliphatic carboxylic acids is 1. The zero-order chi connectivity index (χ0) is 10.0. The second-order valence-corrected chi connectivity index (χ2v) is 3.90. The number of carboxylic acid groups (broad SMARTS) is 1. The fraction of sp³-hybridized carbons (Fsp3) is 0.300. The van der Waals surface area contributed by atoms with Crippen LogP contribution in [-0.2, 0) is 4.79 Å². The molecule has 2 nitrogen and oxygen atoms in total. The molecule has 0 atom stereocenters. The summed E-state index contributed by atoms with van der Waals surface area (Å²) in [5.41, 5.74) is 2.42. The highest BCUT2D eigenvalue weighted by atomic mass is 32.1. The average molecular weight is 196 g/mol. The molecule has 0 aliphatic carbocycles. The van der Waals surface area contributed by atoms with E-state index in [-0.39, 0.29) is 0 Å². The molecule has 1 aromatic rings. The first-order chi connectivity index (χ1) is 6.04. The molecule has 0 fully saturated rings. The summed E-state index contributed by atoms with van der Waals surface area (Å²) in [5.74, 6) is -0.842. The second-order valence-electron chi connectivity index (χ2n) is 2.99. The SMILES string of the molecule is CC(C(=O)O)=C(C)c1sccc1C. The summed E-state index contributed by atoms with van der Waals surface area (Å²) in [6.07, 6.45) is 0. The quantitative estimate of drug-likeness (QED) is 0.738. The standard InChI is InChI=1S/C10H12O2S/c1-6-4-5-13-9(6)7(2)8(3)10(11)12/h4-5H,1-3H3,(H,11,12). The van der Waals surface area contributed by atoms with Gasteiger partial charge in [0.25, 0.3) is 0 Å². The molecule has 0 saturated carbocycles. The van der Waals surface area contributed by atoms with Gasteiger partial charge < -0.3 is 5.11 Å². The number of rotatable bonds is 2. The Kier molecular flexibility index (Phi) is 2.88. The summed E-state index contributed by atoms with van der Waals surface area (Å²) in [7, 11) is 0. The third-order valence-electron chi connectivity index (χ3n) is 2.09. The van der Waals surface area contributed by atoms with Gasteiger partial charge in [0.05, 0.1) is 0 Å². The van der Waals surface area contributed by atoms with Gasteiger partial charge in [-0.05, 0) is 43.4 Å². The smallest absolute Gasteiger partial charge is 0.331 e. The summed E-state index contributed by atoms with van der Waals surface area (Å²) >= 11 is 1.58. The molecule has 0 amide bonds. The van der Waals surface area contributed by atoms with Gasteiger partial charge in [0.1, 0.15) is 0 Å². The van der Waals surface area contributed by atoms with Crippen LogP contribution in [0.25, 0.3) is 5.57 Å². The molecule has 0 unspecified atom stereocenters. The van der Waals surface area contributed by atoms with E-state index in [2.05, 4.69) is 0 Å². The molecule has 0 aromatic carbocycles. The molecular weight excluding hydrogens is 184 g/mol. The molecule has 0 spiro atoms. The van der Waals surface area contributed by atoms with Crippen LogP contribution in [-0.4, -0.2) is 11.1 Å². The average Bonchev–Trinajstić information content (AvgIpc) is 2.48. The fourth-order valence-corrected chi connectivity index (χ4v) is 2.08. The van der Waals surface area contributed by atoms with Crippen molar-refractivity contribution in [3.8, 4) is 0 Å². The Labute approximate surface area is 81.5 Å². The highest BCUT2D eigenvalue weighted by Gasteiger charge is 2.09. The van der Waals surface area contributed by atoms with Crippen LogP contribution >= 0.6 is 11.3 Å². The molecule has 0 saturated heterocycles. The molecule has 0 aliphatic heterocycles. The van der Waals surface area contributed by atoms with E-state index >= 15 is 0 Å². The zero-order valence-electron chi connectivity index (χ0n) is 7.92. The predicted octanol–water partition coefficient (Wildman–Crippen LogP) is 2.93. The third kappa shape index (κ3) is 1.98. The Bertz CT molecular complexity index is 361. The molecule has 70 valence electrons. The van der Waals surface area contributed by atoms with E-state index < -0.39 is 5.97 Å². The first-order valence-electron chi connectivity index (χ1n) is 3.99. The van der Waals surface area contributed by atoms with Crippen molar-refractivity contribution in [2.45, 2.75) is 20.8 Å². The van der Waals surface area contributed by atoms with E-state index in [4.69, 9.17) is 5.11 Å². The van der Waals surface area contributed by atoms with Crippen molar-refractivity contribution in [2.75, 3.05) is 0 Å². The highest BCUT2D eigenvalue weighted by Crippen LogP contribution is 2.26. The first kappa shape index (κ1) is 9.99. The van der Waals surface area contributed by atoms with Gasteiger partial charge in [-0.25, -0.2) is 4.79 Å². The van der Waals surface area contributed by atoms with Gasteiger partial charge >= 0.3 is 5.97 Å². The van der Waals surface area contributed by atoms with Crippen LogP contribution in [0.4, 0.5) is 0 Å². The van der Waals surface area contributed by atoms with Gasteiger partial charge in [0, 0.05) is 10.5 Å². The van der Waals surface area contributed by atoms with Crippen LogP contribution in [0.1, 0.15) is 24.3 Å². The van der Waals surface area contributed by atoms with Gasteiger partial charge in [-0.15, -0.1) is 11.3 Å². The number of carboxylic acids is 1. The molecule has 0 radical (unpaired) electrons. The van der Waals surface area contributed by atoms with E-state index in [1.165, 1.54) is 0 Å². The lowest BCUT2D eigenvalue weighted by Gasteiger charge is -2.02. The summed E-state index contributed by atoms with van der Waals surface area (Å²) in [6, 6.07) is 2.00. The first-order valence-corrected chi connectivity index (χ1v) is 4.87. The van der Waals surface area contributed by atoms with Crippen LogP contribution in [0.2, 0.25) is 0 Å². The highest BCUT2D eigenvalue weighted by molar-refractivity contribution is 7.11. The number of allylic oxidation sites excluding steroid dienone is 1. The zero-order valence-corrected chi connectivity index (χ0v) is 8.73. The van der Waals surface area contributed by atoms with Crippen molar-refractivity contribution in [3.05, 3.63) is 27.5 Å². The second kappa shape index (κ2) is 3.75. The summed E-state index contributed by atoms with van der Waals surface area (Å²) in [4.78, 5) is 11.8. The third-order valence-corrected chi connectivity index (χ3v) is 3.22. The number of carbonyl (C=O) groups is 1. The van der Waals surface area contributed by atoms with Gasteiger partial charge in [-0.1, -0.05) is 0 Å². The van der Waals surface area contributed by atoms with Crippen LogP contribution in [0.3, 0.4) is 0 Å². The largest absolute Gasteiger partial charge is 0.478 e. The van der Waals surface area contributed by atoms with Crippen molar-refractivity contribution < 1.29 is 9.90 Å². The molecule has 1 heterocycles. The lowest BCUT2D eigenvalue weighted by atomic mass is 10.1. The number of hydrogen-bond donors (Lipinski definition) is 1. The van der Waals surface area contributed by atoms with E-state index in [0.717, 1.165) is 16.0 Å². The van der Waals surface area contributed by atoms with Gasteiger partial charge in [0.15, 0.2) is 0 Å². The summed E-state index contributed by atoms with van der Waals surface area (Å²) in [6.45, 7) is 5.48. The topological polar surface area (TPSA) is 37.3 Å². The van der Waals surface area contributed by atoms with Crippen LogP contribution < -0.4 is 0 Å². The van der Waals surface area contributed by atoms with Crippen LogP contribution in [0.15, 0.2) is 17.0 Å². The minimum Gasteiger partial charge on any atom is -0.478 e. The number of hydrogen-bond acceptors (Lipinski definition) is 2. The molecule has 1 aromatic heterocycles. The maximum absolute atomic E-state index is 10.7. The number of thiophene rings is 1. The van der Waals surface area contributed by atoms with Crippen molar-refractivity contribution in [3.63, 3.8) is 0 Å². The minimum absolute atomic E-state index is 0.422. The molecule has 0 aliphatic rings. The molecule has 3 heteroatoms. The molecule has 1 N–H and O–H groups in total. The van der Waals surface area contributed by atoms with Crippen molar-refractivity contribution in [2.24, 2.45) is 0 Å². The minimum atomic E-state index is -0.842. The number of aryl methyl sites for hydroxylation is 1. The Morgan fingerprint density at radius 1 is 1.46 bits per heavy atom. The lowest BCUT2D eigenvalue weighted by molar-refractivity contribution is -0.132. The van der Waals surface area contributed by atoms with Crippen molar-refractivity contribution in [1.29, 1.82) is 0 Å². The van der Waals surface area contributed by atoms with E-state index in [1.54, 1.807) is 18.3 Å². The Morgan fingerprint density at radius 2 is 2.08 bits per heavy atom. The van der Waals surface area contributed by atoms with E-state index in [9.17, 15) is 4.79 Å². The van der Waals surface area contributed by atoms with E-state index in [0.29, 0.717) is 5.57 Å². The maximum atomic E-state index is 10.7. The lowest BCUT2D eigenvalue weighted by Crippen LogP contribution is -1.98. The van der Waals surface area contributed by atoms with Crippen molar-refractivity contribution >= 4 is 22.9 Å². The molecular formula is C10H12O2S. The molecule has 0 bridgehead atoms. The molecule has 13 heavy (non-hydrogen) atoms. The van der Waals surface area contributed by atoms with Gasteiger partial charge in [-0.2, -0.15) is 0 Å². The van der Waals surface area contributed by atoms with Crippen LogP contribution in [0.5, 0.6) is 0 Å². The predicted molar refractivity (Wildman–Crippen MR) is 55.0 cm³/mol. The van der Waals surface area contributed by atoms with Crippen LogP contribution in [0, 0.1) is 6.92 Å². The monoisotopic (exact) mass is 196 g/mol. The maximum Gasteiger partial charge on any atom is 0.331 e. The Morgan fingerprint density at radius 3 is 2.46 bits per heavy atom. The Balaban J connectivity index is 3.17. The van der Waals surface area contributed by atoms with Gasteiger partial charge in [0.2, 0.25) is 0 Å². The van der Waals surface area contributed by atoms with Crippen molar-refractivity contribution in [1.82, 2.24) is 0 Å². The molecule has 1 rings (SSSR count). The Hall–Kier alpha value is -1.09.